The number of ether oxygens (including phenoxy) is 4. The summed E-state index contributed by atoms with van der Waals surface area (Å²) in [4.78, 5) is 22.0. The minimum atomic E-state index is -0.703. The molecule has 2 unspecified atom stereocenters. The number of aromatic nitrogens is 1. The van der Waals surface area contributed by atoms with Gasteiger partial charge in [0.15, 0.2) is 0 Å². The Hall–Kier alpha value is -3.98. The lowest BCUT2D eigenvalue weighted by molar-refractivity contribution is -0.179. The van der Waals surface area contributed by atoms with Crippen molar-refractivity contribution < 1.29 is 28.6 Å². The summed E-state index contributed by atoms with van der Waals surface area (Å²) in [5.74, 6) is 0.910. The van der Waals surface area contributed by atoms with Crippen molar-refractivity contribution in [1.82, 2.24) is 10.0 Å². The van der Waals surface area contributed by atoms with Crippen molar-refractivity contribution in [3.63, 3.8) is 0 Å². The summed E-state index contributed by atoms with van der Waals surface area (Å²) in [7, 11) is 0. The number of benzene rings is 3. The molecule has 43 heavy (non-hydrogen) atoms. The second kappa shape index (κ2) is 14.5. The first-order valence-electron chi connectivity index (χ1n) is 14.8. The van der Waals surface area contributed by atoms with Crippen LogP contribution < -0.4 is 4.74 Å². The molecule has 1 aromatic heterocycles. The Bertz CT molecular complexity index is 1450. The fourth-order valence-corrected chi connectivity index (χ4v) is 5.13. The van der Waals surface area contributed by atoms with Crippen LogP contribution in [0.1, 0.15) is 49.8 Å². The molecule has 1 aliphatic heterocycles. The number of piperidine rings is 1. The summed E-state index contributed by atoms with van der Waals surface area (Å²) in [6.07, 6.45) is 3.37. The molecule has 0 N–H and O–H groups in total. The lowest BCUT2D eigenvalue weighted by Gasteiger charge is -2.37. The van der Waals surface area contributed by atoms with Gasteiger partial charge >= 0.3 is 6.16 Å². The predicted molar refractivity (Wildman–Crippen MR) is 165 cm³/mol. The van der Waals surface area contributed by atoms with Gasteiger partial charge in [0.1, 0.15) is 18.0 Å². The average molecular weight is 585 g/mol. The fourth-order valence-electron chi connectivity index (χ4n) is 5.13. The van der Waals surface area contributed by atoms with Crippen LogP contribution in [0.15, 0.2) is 91.3 Å². The molecule has 0 saturated carbocycles. The number of carbonyl (C=O) groups is 1. The van der Waals surface area contributed by atoms with Crippen LogP contribution in [0.4, 0.5) is 4.79 Å². The van der Waals surface area contributed by atoms with Crippen LogP contribution in [-0.2, 0) is 32.3 Å². The number of hydrogen-bond donors (Lipinski definition) is 0. The molecule has 8 heteroatoms. The van der Waals surface area contributed by atoms with Gasteiger partial charge in [-0.2, -0.15) is 0 Å². The normalized spacial score (nSPS) is 17.5. The van der Waals surface area contributed by atoms with Gasteiger partial charge in [-0.3, -0.25) is 4.98 Å². The number of pyridine rings is 1. The number of nitrogens with zero attached hydrogens (tertiary/aromatic N) is 2. The Morgan fingerprint density at radius 1 is 0.884 bits per heavy atom. The second-order valence-corrected chi connectivity index (χ2v) is 11.7. The van der Waals surface area contributed by atoms with E-state index in [9.17, 15) is 4.79 Å². The van der Waals surface area contributed by atoms with Crippen molar-refractivity contribution in [3.05, 3.63) is 108 Å². The molecule has 4 aromatic rings. The molecule has 1 aliphatic rings. The molecular formula is C35H40N2O6. The lowest BCUT2D eigenvalue weighted by Crippen LogP contribution is -2.45. The minimum absolute atomic E-state index is 0.122. The van der Waals surface area contributed by atoms with Gasteiger partial charge in [-0.1, -0.05) is 48.5 Å². The second-order valence-electron chi connectivity index (χ2n) is 11.7. The summed E-state index contributed by atoms with van der Waals surface area (Å²) in [5, 5.41) is 4.03. The van der Waals surface area contributed by atoms with Gasteiger partial charge < -0.3 is 23.8 Å². The Morgan fingerprint density at radius 2 is 1.65 bits per heavy atom. The zero-order valence-electron chi connectivity index (χ0n) is 25.1. The maximum absolute atomic E-state index is 12.4. The highest BCUT2D eigenvalue weighted by atomic mass is 16.8. The van der Waals surface area contributed by atoms with Crippen molar-refractivity contribution in [1.29, 1.82) is 0 Å². The van der Waals surface area contributed by atoms with Crippen molar-refractivity contribution in [3.8, 4) is 5.75 Å². The molecule has 8 nitrogen and oxygen atoms in total. The van der Waals surface area contributed by atoms with E-state index < -0.39 is 11.8 Å². The van der Waals surface area contributed by atoms with Gasteiger partial charge in [-0.05, 0) is 85.0 Å². The molecule has 0 amide bonds. The number of carbonyl (C=O) groups excluding carboxylic acids is 1. The van der Waals surface area contributed by atoms with Crippen molar-refractivity contribution in [2.75, 3.05) is 26.3 Å². The molecule has 1 saturated heterocycles. The van der Waals surface area contributed by atoms with Crippen LogP contribution >= 0.6 is 0 Å². The van der Waals surface area contributed by atoms with Crippen molar-refractivity contribution in [2.45, 2.75) is 58.0 Å². The van der Waals surface area contributed by atoms with E-state index in [2.05, 4.69) is 47.4 Å². The third kappa shape index (κ3) is 9.25. The van der Waals surface area contributed by atoms with E-state index >= 15 is 0 Å². The van der Waals surface area contributed by atoms with Crippen LogP contribution in [-0.4, -0.2) is 54.2 Å². The monoisotopic (exact) mass is 584 g/mol. The van der Waals surface area contributed by atoms with E-state index in [0.29, 0.717) is 39.5 Å². The molecule has 0 spiro atoms. The Balaban J connectivity index is 1.20. The number of hydroxylamine groups is 2. The first kappa shape index (κ1) is 30.5. The van der Waals surface area contributed by atoms with Crippen LogP contribution in [0.3, 0.4) is 0 Å². The highest BCUT2D eigenvalue weighted by molar-refractivity contribution is 5.82. The van der Waals surface area contributed by atoms with E-state index in [1.807, 2.05) is 57.2 Å². The first-order valence-corrected chi connectivity index (χ1v) is 14.8. The molecule has 0 radical (unpaired) electrons. The summed E-state index contributed by atoms with van der Waals surface area (Å²) < 4.78 is 23.5. The summed E-state index contributed by atoms with van der Waals surface area (Å²) >= 11 is 0. The molecule has 2 heterocycles. The van der Waals surface area contributed by atoms with Crippen LogP contribution in [0, 0.1) is 0 Å². The maximum atomic E-state index is 12.4. The summed E-state index contributed by atoms with van der Waals surface area (Å²) in [6, 6.07) is 26.7. The Morgan fingerprint density at radius 3 is 2.42 bits per heavy atom. The number of rotatable bonds is 11. The summed E-state index contributed by atoms with van der Waals surface area (Å²) in [6.45, 7) is 8.40. The SMILES string of the molecule is CC(C)(C)OC(=O)ON1CCC(c2ccc(OCCOCc3ccncc3)cc2)C(OCc2ccc3ccccc3c2)C1. The molecule has 3 aromatic carbocycles. The fraction of sp³-hybridized carbons (Fsp3) is 0.371. The van der Waals surface area contributed by atoms with Gasteiger partial charge in [0.2, 0.25) is 0 Å². The van der Waals surface area contributed by atoms with E-state index in [4.69, 9.17) is 23.8 Å². The third-order valence-corrected chi connectivity index (χ3v) is 7.22. The molecule has 0 aliphatic carbocycles. The largest absolute Gasteiger partial charge is 0.528 e. The van der Waals surface area contributed by atoms with Gasteiger partial charge in [0.05, 0.1) is 32.5 Å². The Kier molecular flexibility index (Phi) is 10.3. The van der Waals surface area contributed by atoms with Gasteiger partial charge in [-0.25, -0.2) is 4.79 Å². The highest BCUT2D eigenvalue weighted by Crippen LogP contribution is 2.33. The van der Waals surface area contributed by atoms with Gasteiger partial charge in [0, 0.05) is 24.9 Å². The van der Waals surface area contributed by atoms with E-state index in [-0.39, 0.29) is 12.0 Å². The van der Waals surface area contributed by atoms with Crippen LogP contribution in [0.25, 0.3) is 10.8 Å². The maximum Gasteiger partial charge on any atom is 0.528 e. The topological polar surface area (TPSA) is 79.4 Å². The zero-order chi connectivity index (χ0) is 30.1. The lowest BCUT2D eigenvalue weighted by atomic mass is 9.87. The minimum Gasteiger partial charge on any atom is -0.491 e. The van der Waals surface area contributed by atoms with Crippen LogP contribution in [0.2, 0.25) is 0 Å². The predicted octanol–water partition coefficient (Wildman–Crippen LogP) is 7.07. The van der Waals surface area contributed by atoms with Gasteiger partial charge in [0.25, 0.3) is 0 Å². The first-order chi connectivity index (χ1) is 20.8. The Labute approximate surface area is 253 Å². The molecule has 0 bridgehead atoms. The smallest absolute Gasteiger partial charge is 0.491 e. The molecule has 2 atom stereocenters. The third-order valence-electron chi connectivity index (χ3n) is 7.22. The zero-order valence-corrected chi connectivity index (χ0v) is 25.1. The van der Waals surface area contributed by atoms with Gasteiger partial charge in [-0.15, -0.1) is 5.06 Å². The quantitative estimate of drug-likeness (QED) is 0.137. The standard InChI is InChI=1S/C35H40N2O6/c1-35(2,3)42-34(38)43-37-19-16-32(33(23-37)41-25-27-8-9-28-6-4-5-7-30(28)22-27)29-10-12-31(13-11-29)40-21-20-39-24-26-14-17-36-18-15-26/h4-15,17-18,22,32-33H,16,19-21,23-25H2,1-3H3. The molecule has 226 valence electrons. The van der Waals surface area contributed by atoms with Crippen molar-refractivity contribution >= 4 is 16.9 Å². The number of fused-ring (bicyclic) bond motifs is 1. The average Bonchev–Trinajstić information content (AvgIpc) is 3.00. The van der Waals surface area contributed by atoms with E-state index in [1.165, 1.54) is 10.8 Å². The van der Waals surface area contributed by atoms with Crippen LogP contribution in [0.5, 0.6) is 5.75 Å². The highest BCUT2D eigenvalue weighted by Gasteiger charge is 2.34. The summed E-state index contributed by atoms with van der Waals surface area (Å²) in [5.41, 5.74) is 2.70. The van der Waals surface area contributed by atoms with E-state index in [1.54, 1.807) is 17.5 Å². The van der Waals surface area contributed by atoms with Crippen molar-refractivity contribution in [2.24, 2.45) is 0 Å². The molecule has 5 rings (SSSR count). The number of hydrogen-bond acceptors (Lipinski definition) is 8. The van der Waals surface area contributed by atoms with E-state index in [0.717, 1.165) is 28.9 Å². The molecule has 1 fully saturated rings. The molecular weight excluding hydrogens is 544 g/mol.